The number of nitrogens with zero attached hydrogens (tertiary/aromatic N) is 2. The highest BCUT2D eigenvalue weighted by molar-refractivity contribution is 14.0. The number of halogens is 1. The van der Waals surface area contributed by atoms with E-state index in [0.29, 0.717) is 0 Å². The third kappa shape index (κ3) is 9.46. The zero-order chi connectivity index (χ0) is 17.2. The molecule has 0 fully saturated rings. The molecule has 1 aromatic rings. The molecule has 138 valence electrons. The van der Waals surface area contributed by atoms with Crippen LogP contribution in [0.3, 0.4) is 0 Å². The smallest absolute Gasteiger partial charge is 0.243 e. The van der Waals surface area contributed by atoms with Crippen LogP contribution >= 0.6 is 35.3 Å². The summed E-state index contributed by atoms with van der Waals surface area (Å²) in [5.41, 5.74) is 0. The maximum atomic E-state index is 11.7. The van der Waals surface area contributed by atoms with E-state index in [1.54, 1.807) is 19.0 Å². The number of unbranched alkanes of at least 4 members (excludes halogenated alkanes) is 1. The van der Waals surface area contributed by atoms with E-state index < -0.39 is 0 Å². The van der Waals surface area contributed by atoms with Gasteiger partial charge in [0.25, 0.3) is 0 Å². The number of aryl methyl sites for hydroxylation is 1. The molecule has 0 saturated heterocycles. The number of hydrogen-bond donors (Lipinski definition) is 2. The molecule has 0 saturated carbocycles. The van der Waals surface area contributed by atoms with Crippen LogP contribution in [0.4, 0.5) is 0 Å². The van der Waals surface area contributed by atoms with E-state index in [9.17, 15) is 4.79 Å². The summed E-state index contributed by atoms with van der Waals surface area (Å²) in [5.74, 6) is 0.720. The summed E-state index contributed by atoms with van der Waals surface area (Å²) in [5, 5.41) is 6.71. The molecule has 7 heteroatoms. The highest BCUT2D eigenvalue weighted by atomic mass is 127. The fourth-order valence-electron chi connectivity index (χ4n) is 2.01. The van der Waals surface area contributed by atoms with Crippen molar-refractivity contribution in [3.63, 3.8) is 0 Å². The predicted octanol–water partition coefficient (Wildman–Crippen LogP) is 3.03. The monoisotopic (exact) mass is 466 g/mol. The Hall–Kier alpha value is -0.830. The number of likely N-dealkylation sites (N-methyl/N-ethyl adjacent to an activating group) is 1. The lowest BCUT2D eigenvalue weighted by atomic mass is 10.2. The summed E-state index contributed by atoms with van der Waals surface area (Å²) >= 11 is 1.83. The summed E-state index contributed by atoms with van der Waals surface area (Å²) in [6, 6.07) is 4.59. The van der Waals surface area contributed by atoms with Crippen molar-refractivity contribution < 1.29 is 4.79 Å². The molecule has 1 rings (SSSR count). The Kier molecular flexibility index (Phi) is 12.1. The Bertz CT molecular complexity index is 516. The van der Waals surface area contributed by atoms with Crippen LogP contribution in [0.2, 0.25) is 0 Å². The molecule has 1 amide bonds. The van der Waals surface area contributed by atoms with Crippen molar-refractivity contribution >= 4 is 47.2 Å². The van der Waals surface area contributed by atoms with E-state index in [0.717, 1.165) is 31.8 Å². The summed E-state index contributed by atoms with van der Waals surface area (Å²) in [7, 11) is 3.49. The van der Waals surface area contributed by atoms with Crippen molar-refractivity contribution in [1.29, 1.82) is 0 Å². The van der Waals surface area contributed by atoms with Gasteiger partial charge in [0.05, 0.1) is 0 Å². The number of aliphatic imine (C=N–C) groups is 1. The van der Waals surface area contributed by atoms with E-state index in [-0.39, 0.29) is 42.5 Å². The minimum Gasteiger partial charge on any atom is -0.356 e. The molecular weight excluding hydrogens is 435 g/mol. The molecular formula is C17H31IN4OS. The summed E-state index contributed by atoms with van der Waals surface area (Å²) in [6.45, 7) is 7.45. The molecule has 1 atom stereocenters. The Balaban J connectivity index is 0.00000529. The number of nitrogens with one attached hydrogen (secondary N) is 2. The van der Waals surface area contributed by atoms with Gasteiger partial charge in [0.15, 0.2) is 5.96 Å². The minimum atomic E-state index is 0. The average molecular weight is 466 g/mol. The second-order valence-electron chi connectivity index (χ2n) is 6.00. The Labute approximate surface area is 167 Å². The lowest BCUT2D eigenvalue weighted by molar-refractivity contribution is -0.127. The van der Waals surface area contributed by atoms with Gasteiger partial charge in [0.1, 0.15) is 6.54 Å². The van der Waals surface area contributed by atoms with Gasteiger partial charge in [-0.15, -0.1) is 35.3 Å². The van der Waals surface area contributed by atoms with Crippen LogP contribution in [-0.4, -0.2) is 50.0 Å². The molecule has 1 aromatic heterocycles. The van der Waals surface area contributed by atoms with Crippen molar-refractivity contribution in [2.75, 3.05) is 27.2 Å². The van der Waals surface area contributed by atoms with Gasteiger partial charge in [-0.1, -0.05) is 13.3 Å². The lowest BCUT2D eigenvalue weighted by Gasteiger charge is -2.18. The highest BCUT2D eigenvalue weighted by Crippen LogP contribution is 2.16. The first-order valence-corrected chi connectivity index (χ1v) is 9.04. The first kappa shape index (κ1) is 23.2. The number of amides is 1. The van der Waals surface area contributed by atoms with Crippen LogP contribution in [-0.2, 0) is 11.2 Å². The Morgan fingerprint density at radius 1 is 1.38 bits per heavy atom. The van der Waals surface area contributed by atoms with Crippen LogP contribution in [0.15, 0.2) is 17.1 Å². The van der Waals surface area contributed by atoms with E-state index in [1.165, 1.54) is 9.75 Å². The van der Waals surface area contributed by atoms with Crippen molar-refractivity contribution in [1.82, 2.24) is 15.5 Å². The van der Waals surface area contributed by atoms with E-state index >= 15 is 0 Å². The SMILES string of the molecule is CCCCNC(=NCC(=O)N(C)C)NC(C)Cc1ccc(C)s1.I. The van der Waals surface area contributed by atoms with Gasteiger partial charge in [0.2, 0.25) is 5.91 Å². The normalized spacial score (nSPS) is 12.3. The largest absolute Gasteiger partial charge is 0.356 e. The lowest BCUT2D eigenvalue weighted by Crippen LogP contribution is -2.44. The van der Waals surface area contributed by atoms with E-state index in [4.69, 9.17) is 0 Å². The number of carbonyl (C=O) groups excluding carboxylic acids is 1. The first-order chi connectivity index (χ1) is 10.9. The van der Waals surface area contributed by atoms with Crippen molar-refractivity contribution in [3.8, 4) is 0 Å². The van der Waals surface area contributed by atoms with Gasteiger partial charge in [-0.2, -0.15) is 0 Å². The summed E-state index contributed by atoms with van der Waals surface area (Å²) in [4.78, 5) is 20.4. The first-order valence-electron chi connectivity index (χ1n) is 8.22. The number of carbonyl (C=O) groups is 1. The van der Waals surface area contributed by atoms with E-state index in [2.05, 4.69) is 48.5 Å². The number of thiophene rings is 1. The fourth-order valence-corrected chi connectivity index (χ4v) is 3.02. The third-order valence-corrected chi connectivity index (χ3v) is 4.40. The Morgan fingerprint density at radius 2 is 2.08 bits per heavy atom. The highest BCUT2D eigenvalue weighted by Gasteiger charge is 2.09. The molecule has 1 unspecified atom stereocenters. The van der Waals surface area contributed by atoms with E-state index in [1.807, 2.05) is 11.3 Å². The predicted molar refractivity (Wildman–Crippen MR) is 115 cm³/mol. The second-order valence-corrected chi connectivity index (χ2v) is 7.37. The van der Waals surface area contributed by atoms with Crippen LogP contribution in [0.5, 0.6) is 0 Å². The van der Waals surface area contributed by atoms with Crippen LogP contribution in [0.25, 0.3) is 0 Å². The van der Waals surface area contributed by atoms with Gasteiger partial charge >= 0.3 is 0 Å². The molecule has 0 spiro atoms. The van der Waals surface area contributed by atoms with Crippen LogP contribution in [0, 0.1) is 6.92 Å². The quantitative estimate of drug-likeness (QED) is 0.268. The van der Waals surface area contributed by atoms with Gasteiger partial charge < -0.3 is 15.5 Å². The molecule has 5 nitrogen and oxygen atoms in total. The number of hydrogen-bond acceptors (Lipinski definition) is 3. The zero-order valence-corrected chi connectivity index (χ0v) is 18.5. The minimum absolute atomic E-state index is 0. The van der Waals surface area contributed by atoms with Crippen LogP contribution in [0.1, 0.15) is 36.4 Å². The molecule has 0 radical (unpaired) electrons. The maximum Gasteiger partial charge on any atom is 0.243 e. The number of rotatable bonds is 8. The maximum absolute atomic E-state index is 11.7. The van der Waals surface area contributed by atoms with Crippen molar-refractivity contribution in [2.24, 2.45) is 4.99 Å². The zero-order valence-electron chi connectivity index (χ0n) is 15.4. The van der Waals surface area contributed by atoms with Crippen LogP contribution < -0.4 is 10.6 Å². The summed E-state index contributed by atoms with van der Waals surface area (Å²) in [6.07, 6.45) is 3.16. The summed E-state index contributed by atoms with van der Waals surface area (Å²) < 4.78 is 0. The van der Waals surface area contributed by atoms with Crippen molar-refractivity contribution in [3.05, 3.63) is 21.9 Å². The van der Waals surface area contributed by atoms with Gasteiger partial charge in [-0.25, -0.2) is 4.99 Å². The average Bonchev–Trinajstić information content (AvgIpc) is 2.89. The molecule has 0 aliphatic heterocycles. The van der Waals surface area contributed by atoms with Gasteiger partial charge in [-0.05, 0) is 32.4 Å². The second kappa shape index (κ2) is 12.5. The molecule has 0 aliphatic rings. The van der Waals surface area contributed by atoms with Crippen molar-refractivity contribution in [2.45, 2.75) is 46.1 Å². The fraction of sp³-hybridized carbons (Fsp3) is 0.647. The van der Waals surface area contributed by atoms with Gasteiger partial charge in [0, 0.05) is 42.9 Å². The third-order valence-electron chi connectivity index (χ3n) is 3.38. The van der Waals surface area contributed by atoms with Gasteiger partial charge in [-0.3, -0.25) is 4.79 Å². The standard InChI is InChI=1S/C17H30N4OS.HI/c1-6-7-10-18-17(19-12-16(22)21(4)5)20-13(2)11-15-9-8-14(3)23-15;/h8-9,13H,6-7,10-12H2,1-5H3,(H2,18,19,20);1H. The Morgan fingerprint density at radius 3 is 2.62 bits per heavy atom. The molecule has 0 aromatic carbocycles. The molecule has 0 bridgehead atoms. The number of guanidine groups is 1. The molecule has 2 N–H and O–H groups in total. The topological polar surface area (TPSA) is 56.7 Å². The molecule has 24 heavy (non-hydrogen) atoms. The molecule has 1 heterocycles. The molecule has 0 aliphatic carbocycles.